The van der Waals surface area contributed by atoms with E-state index in [1.54, 1.807) is 49.5 Å². The van der Waals surface area contributed by atoms with Crippen LogP contribution in [0.25, 0.3) is 0 Å². The summed E-state index contributed by atoms with van der Waals surface area (Å²) in [6.45, 7) is 1.36. The molecule has 10 N–H and O–H groups in total. The smallest absolute Gasteiger partial charge is 0.330 e. The Labute approximate surface area is 301 Å². The Bertz CT molecular complexity index is 1360. The van der Waals surface area contributed by atoms with E-state index in [1.807, 2.05) is 6.08 Å². The minimum absolute atomic E-state index is 0.0721. The fraction of sp³-hybridized carbons (Fsp3) is 0.629. The van der Waals surface area contributed by atoms with Crippen LogP contribution in [-0.4, -0.2) is 141 Å². The summed E-state index contributed by atoms with van der Waals surface area (Å²) in [6.07, 6.45) is 6.10. The van der Waals surface area contributed by atoms with Crippen LogP contribution in [0.15, 0.2) is 60.8 Å². The van der Waals surface area contributed by atoms with Gasteiger partial charge in [0.1, 0.15) is 18.3 Å². The maximum Gasteiger partial charge on any atom is 0.330 e. The molecule has 3 saturated heterocycles. The van der Waals surface area contributed by atoms with Gasteiger partial charge in [-0.25, -0.2) is 9.59 Å². The van der Waals surface area contributed by atoms with Gasteiger partial charge in [0.05, 0.1) is 61.7 Å². The summed E-state index contributed by atoms with van der Waals surface area (Å²) >= 11 is 0. The number of aliphatic carboxylic acids is 1. The predicted molar refractivity (Wildman–Crippen MR) is 182 cm³/mol. The molecule has 4 aliphatic rings. The fourth-order valence-electron chi connectivity index (χ4n) is 6.11. The van der Waals surface area contributed by atoms with Crippen LogP contribution in [-0.2, 0) is 33.3 Å². The maximum atomic E-state index is 12.8. The summed E-state index contributed by atoms with van der Waals surface area (Å²) in [7, 11) is 0. The van der Waals surface area contributed by atoms with Gasteiger partial charge >= 0.3 is 18.0 Å². The number of carboxylic acids is 1. The topological polar surface area (TPSA) is 272 Å². The molecule has 0 aromatic heterocycles. The van der Waals surface area contributed by atoms with Gasteiger partial charge in [-0.2, -0.15) is 0 Å². The molecule has 0 saturated carbocycles. The van der Waals surface area contributed by atoms with Crippen LogP contribution < -0.4 is 16.4 Å². The van der Waals surface area contributed by atoms with Crippen molar-refractivity contribution >= 4 is 18.0 Å². The molecule has 3 fully saturated rings. The second-order valence-electron chi connectivity index (χ2n) is 13.3. The second-order valence-corrected chi connectivity index (χ2v) is 13.3. The molecular weight excluding hydrogens is 686 g/mol. The van der Waals surface area contributed by atoms with E-state index >= 15 is 0 Å². The van der Waals surface area contributed by atoms with Crippen molar-refractivity contribution in [2.45, 2.75) is 125 Å². The molecule has 2 amide bonds. The van der Waals surface area contributed by atoms with Gasteiger partial charge in [0.15, 0.2) is 12.1 Å². The molecule has 0 aliphatic carbocycles. The number of hydrogen-bond donors (Lipinski definition) is 9. The molecule has 290 valence electrons. The Morgan fingerprint density at radius 1 is 1.00 bits per heavy atom. The van der Waals surface area contributed by atoms with Crippen LogP contribution in [0.2, 0.25) is 0 Å². The largest absolute Gasteiger partial charge is 0.481 e. The minimum atomic E-state index is -2.09. The van der Waals surface area contributed by atoms with Gasteiger partial charge in [0.25, 0.3) is 0 Å². The number of amides is 2. The van der Waals surface area contributed by atoms with Gasteiger partial charge in [-0.15, -0.1) is 0 Å². The van der Waals surface area contributed by atoms with Crippen LogP contribution in [0, 0.1) is 0 Å². The van der Waals surface area contributed by atoms with E-state index in [2.05, 4.69) is 10.6 Å². The summed E-state index contributed by atoms with van der Waals surface area (Å²) in [5.41, 5.74) is 5.94. The number of fused-ring (bicyclic) bond motifs is 3. The van der Waals surface area contributed by atoms with E-state index in [9.17, 15) is 39.9 Å². The number of cyclic esters (lactones) is 1. The molecule has 17 nitrogen and oxygen atoms in total. The molecule has 2 bridgehead atoms. The zero-order valence-corrected chi connectivity index (χ0v) is 28.9. The summed E-state index contributed by atoms with van der Waals surface area (Å²) in [5, 5.41) is 68.5. The number of carbonyl (C=O) groups excluding carboxylic acids is 2. The normalized spacial score (nSPS) is 42.2. The third-order valence-electron chi connectivity index (χ3n) is 8.86. The fourth-order valence-corrected chi connectivity index (χ4v) is 6.11. The number of allylic oxidation sites excluding steroid dienone is 6. The lowest BCUT2D eigenvalue weighted by Gasteiger charge is -2.46. The van der Waals surface area contributed by atoms with Gasteiger partial charge in [-0.1, -0.05) is 48.6 Å². The number of aliphatic hydroxyl groups is 5. The molecule has 0 radical (unpaired) electrons. The van der Waals surface area contributed by atoms with Crippen LogP contribution >= 0.6 is 0 Å². The van der Waals surface area contributed by atoms with E-state index in [-0.39, 0.29) is 44.9 Å². The number of aliphatic hydroxyl groups excluding tert-OH is 4. The zero-order valence-electron chi connectivity index (χ0n) is 28.9. The third kappa shape index (κ3) is 13.2. The van der Waals surface area contributed by atoms with E-state index < -0.39 is 97.4 Å². The summed E-state index contributed by atoms with van der Waals surface area (Å²) in [5.74, 6) is -3.75. The minimum Gasteiger partial charge on any atom is -0.481 e. The van der Waals surface area contributed by atoms with Crippen molar-refractivity contribution in [2.75, 3.05) is 13.2 Å². The van der Waals surface area contributed by atoms with Crippen molar-refractivity contribution in [1.29, 1.82) is 0 Å². The molecular formula is C35H51N3O14. The molecule has 0 unspecified atom stereocenters. The lowest BCUT2D eigenvalue weighted by Crippen LogP contribution is -2.63. The molecule has 13 atom stereocenters. The first-order valence-corrected chi connectivity index (χ1v) is 17.3. The highest BCUT2D eigenvalue weighted by Gasteiger charge is 2.49. The van der Waals surface area contributed by atoms with Gasteiger partial charge in [0.2, 0.25) is 0 Å². The molecule has 4 rings (SSSR count). The molecule has 52 heavy (non-hydrogen) atoms. The highest BCUT2D eigenvalue weighted by Crippen LogP contribution is 2.36. The van der Waals surface area contributed by atoms with Crippen molar-refractivity contribution in [3.63, 3.8) is 0 Å². The van der Waals surface area contributed by atoms with Crippen LogP contribution in [0.3, 0.4) is 0 Å². The number of rotatable bonds is 6. The number of hydrogen-bond acceptors (Lipinski definition) is 14. The summed E-state index contributed by atoms with van der Waals surface area (Å²) < 4.78 is 28.7. The van der Waals surface area contributed by atoms with Crippen LogP contribution in [0.1, 0.15) is 45.4 Å². The van der Waals surface area contributed by atoms with Gasteiger partial charge in [-0.3, -0.25) is 4.79 Å². The van der Waals surface area contributed by atoms with Gasteiger partial charge < -0.3 is 70.7 Å². The molecule has 4 aliphatic heterocycles. The number of urea groups is 1. The van der Waals surface area contributed by atoms with E-state index in [0.717, 1.165) is 0 Å². The molecule has 4 heterocycles. The van der Waals surface area contributed by atoms with Crippen LogP contribution in [0.5, 0.6) is 0 Å². The van der Waals surface area contributed by atoms with Crippen molar-refractivity contribution in [1.82, 2.24) is 10.6 Å². The number of ether oxygens (including phenoxy) is 5. The molecule has 0 aromatic rings. The first-order chi connectivity index (χ1) is 24.7. The van der Waals surface area contributed by atoms with Crippen molar-refractivity contribution in [3.8, 4) is 0 Å². The quantitative estimate of drug-likeness (QED) is 0.119. The zero-order chi connectivity index (χ0) is 37.8. The number of esters is 1. The first-order valence-electron chi connectivity index (χ1n) is 17.3. The lowest BCUT2D eigenvalue weighted by molar-refractivity contribution is -0.298. The average Bonchev–Trinajstić information content (AvgIpc) is 3.80. The maximum absolute atomic E-state index is 12.8. The Balaban J connectivity index is 1.59. The number of nitrogens with two attached hydrogens (primary N) is 1. The Morgan fingerprint density at radius 2 is 1.73 bits per heavy atom. The van der Waals surface area contributed by atoms with Gasteiger partial charge in [-0.05, 0) is 13.0 Å². The van der Waals surface area contributed by atoms with Gasteiger partial charge in [0, 0.05) is 44.7 Å². The number of carbonyl (C=O) groups is 3. The molecule has 0 spiro atoms. The molecule has 17 heteroatoms. The second kappa shape index (κ2) is 19.5. The average molecular weight is 738 g/mol. The third-order valence-corrected chi connectivity index (χ3v) is 8.86. The van der Waals surface area contributed by atoms with Crippen molar-refractivity contribution < 1.29 is 68.7 Å². The summed E-state index contributed by atoms with van der Waals surface area (Å²) in [6, 6.07) is -3.02. The molecule has 0 aromatic carbocycles. The van der Waals surface area contributed by atoms with Crippen LogP contribution in [0.4, 0.5) is 4.79 Å². The number of epoxide rings is 1. The van der Waals surface area contributed by atoms with E-state index in [1.165, 1.54) is 12.2 Å². The Hall–Kier alpha value is -3.49. The van der Waals surface area contributed by atoms with Crippen molar-refractivity contribution in [3.05, 3.63) is 60.8 Å². The standard InChI is InChI=1S/C35H51N3O14/c1-20-9-7-5-3-2-4-6-8-10-22(50-33-32(45)30(36)24(41)19-48-33)16-27-31(38-34(46)37-14-13-28(42)43)23(40)18-35(47,52-27)17-21(39)15-26-25(51-26)11-12-29(44)49-20/h2-8,10-12,20-27,30-33,39-41,45,47H,9,13-19,36H2,1H3,(H,42,43)(H2,37,38,46)/b3-2+,6-4+,7-5+,10-8+,12-11+/t20-,21+,22+,23+,24-,25-,26-,27+,30+,31-,32+,33+,35-/m1/s1. The first kappa shape index (κ1) is 41.3. The van der Waals surface area contributed by atoms with E-state index in [0.29, 0.717) is 6.42 Å². The number of nitrogens with one attached hydrogen (secondary N) is 2. The highest BCUT2D eigenvalue weighted by atomic mass is 16.7. The van der Waals surface area contributed by atoms with E-state index in [4.69, 9.17) is 34.5 Å². The predicted octanol–water partition coefficient (Wildman–Crippen LogP) is -0.827. The monoisotopic (exact) mass is 737 g/mol. The number of carboxylic acid groups (broad SMARTS) is 1. The Kier molecular flexibility index (Phi) is 15.5. The summed E-state index contributed by atoms with van der Waals surface area (Å²) in [4.78, 5) is 35.9. The highest BCUT2D eigenvalue weighted by molar-refractivity contribution is 5.82. The van der Waals surface area contributed by atoms with Crippen molar-refractivity contribution in [2.24, 2.45) is 5.73 Å². The Morgan fingerprint density at radius 3 is 2.48 bits per heavy atom. The SMILES string of the molecule is C[C@@H]1C/C=C/C=C/C=C/C=C/[C@H](O[C@@H]2OC[C@@H](O)[C@H](N)[C@@H]2O)C[C@@H]2O[C@](O)(C[C@@H](O)C[C@H]3O[C@@H]3/C=C/C(=O)O1)C[C@H](O)[C@H]2NC(=O)NCCC(=O)O. The lowest BCUT2D eigenvalue weighted by atomic mass is 9.87.